The number of pyridine rings is 1. The van der Waals surface area contributed by atoms with Gasteiger partial charge in [-0.2, -0.15) is 0 Å². The molecule has 0 bridgehead atoms. The van der Waals surface area contributed by atoms with Crippen molar-refractivity contribution in [2.75, 3.05) is 13.1 Å². The largest absolute Gasteiger partial charge is 0.311 e. The summed E-state index contributed by atoms with van der Waals surface area (Å²) in [6.45, 7) is 11.3. The minimum atomic E-state index is 0.198. The maximum absolute atomic E-state index is 4.44. The molecule has 0 fully saturated rings. The van der Waals surface area contributed by atoms with E-state index in [1.165, 1.54) is 0 Å². The van der Waals surface area contributed by atoms with Crippen LogP contribution in [-0.2, 0) is 6.54 Å². The van der Waals surface area contributed by atoms with Crippen LogP contribution in [-0.4, -0.2) is 23.6 Å². The van der Waals surface area contributed by atoms with E-state index in [0.29, 0.717) is 0 Å². The van der Waals surface area contributed by atoms with Gasteiger partial charge < -0.3 is 10.6 Å². The maximum atomic E-state index is 4.44. The first-order chi connectivity index (χ1) is 7.47. The summed E-state index contributed by atoms with van der Waals surface area (Å²) in [6.07, 6.45) is 0. The zero-order valence-corrected chi connectivity index (χ0v) is 10.8. The second-order valence-electron chi connectivity index (χ2n) is 5.12. The summed E-state index contributed by atoms with van der Waals surface area (Å²) in [5.74, 6) is 0. The Kier molecular flexibility index (Phi) is 4.90. The third kappa shape index (κ3) is 5.83. The van der Waals surface area contributed by atoms with Crippen LogP contribution >= 0.6 is 0 Å². The molecule has 90 valence electrons. The minimum Gasteiger partial charge on any atom is -0.311 e. The van der Waals surface area contributed by atoms with Gasteiger partial charge in [-0.3, -0.25) is 4.98 Å². The zero-order chi connectivity index (χ0) is 12.0. The van der Waals surface area contributed by atoms with Gasteiger partial charge in [-0.1, -0.05) is 6.07 Å². The van der Waals surface area contributed by atoms with Gasteiger partial charge in [0.2, 0.25) is 0 Å². The molecule has 0 amide bonds. The molecule has 1 aromatic heterocycles. The monoisotopic (exact) mass is 221 g/mol. The molecule has 0 radical (unpaired) electrons. The second-order valence-corrected chi connectivity index (χ2v) is 5.12. The lowest BCUT2D eigenvalue weighted by Crippen LogP contribution is -2.40. The van der Waals surface area contributed by atoms with Crippen LogP contribution in [0.2, 0.25) is 0 Å². The lowest BCUT2D eigenvalue weighted by molar-refractivity contribution is 0.421. The molecule has 0 saturated carbocycles. The highest BCUT2D eigenvalue weighted by atomic mass is 15.0. The van der Waals surface area contributed by atoms with E-state index in [2.05, 4.69) is 42.5 Å². The summed E-state index contributed by atoms with van der Waals surface area (Å²) in [4.78, 5) is 4.44. The van der Waals surface area contributed by atoms with Gasteiger partial charge >= 0.3 is 0 Å². The Morgan fingerprint density at radius 2 is 1.94 bits per heavy atom. The molecule has 0 spiro atoms. The number of hydrogen-bond acceptors (Lipinski definition) is 3. The van der Waals surface area contributed by atoms with Crippen molar-refractivity contribution < 1.29 is 0 Å². The number of nitrogens with zero attached hydrogens (tertiary/aromatic N) is 1. The fraction of sp³-hybridized carbons (Fsp3) is 0.615. The number of aromatic nitrogens is 1. The van der Waals surface area contributed by atoms with Crippen molar-refractivity contribution in [3.05, 3.63) is 29.6 Å². The Hall–Kier alpha value is -0.930. The molecule has 1 heterocycles. The van der Waals surface area contributed by atoms with Crippen LogP contribution in [0.4, 0.5) is 0 Å². The van der Waals surface area contributed by atoms with Crippen molar-refractivity contribution >= 4 is 0 Å². The van der Waals surface area contributed by atoms with Crippen molar-refractivity contribution in [2.24, 2.45) is 0 Å². The molecule has 0 aromatic carbocycles. The van der Waals surface area contributed by atoms with Crippen molar-refractivity contribution in [3.63, 3.8) is 0 Å². The SMILES string of the molecule is Cc1cccc(CNCCNC(C)(C)C)n1. The zero-order valence-electron chi connectivity index (χ0n) is 10.8. The normalized spacial score (nSPS) is 11.8. The molecule has 3 nitrogen and oxygen atoms in total. The Morgan fingerprint density at radius 3 is 2.56 bits per heavy atom. The lowest BCUT2D eigenvalue weighted by atomic mass is 10.1. The first-order valence-corrected chi connectivity index (χ1v) is 5.86. The Labute approximate surface area is 98.7 Å². The summed E-state index contributed by atoms with van der Waals surface area (Å²) in [5.41, 5.74) is 2.38. The summed E-state index contributed by atoms with van der Waals surface area (Å²) in [7, 11) is 0. The summed E-state index contributed by atoms with van der Waals surface area (Å²) < 4.78 is 0. The summed E-state index contributed by atoms with van der Waals surface area (Å²) in [6, 6.07) is 6.12. The van der Waals surface area contributed by atoms with Gasteiger partial charge in [0.15, 0.2) is 0 Å². The highest BCUT2D eigenvalue weighted by Gasteiger charge is 2.06. The van der Waals surface area contributed by atoms with Crippen LogP contribution in [0.25, 0.3) is 0 Å². The fourth-order valence-corrected chi connectivity index (χ4v) is 1.44. The van der Waals surface area contributed by atoms with E-state index in [-0.39, 0.29) is 5.54 Å². The van der Waals surface area contributed by atoms with Crippen molar-refractivity contribution in [2.45, 2.75) is 39.8 Å². The van der Waals surface area contributed by atoms with Gasteiger partial charge in [0.25, 0.3) is 0 Å². The van der Waals surface area contributed by atoms with E-state index in [1.54, 1.807) is 0 Å². The van der Waals surface area contributed by atoms with Crippen molar-refractivity contribution in [3.8, 4) is 0 Å². The quantitative estimate of drug-likeness (QED) is 0.745. The Bertz CT molecular complexity index is 315. The van der Waals surface area contributed by atoms with Crippen LogP contribution in [0.3, 0.4) is 0 Å². The molecule has 2 N–H and O–H groups in total. The standard InChI is InChI=1S/C13H23N3/c1-11-6-5-7-12(16-11)10-14-8-9-15-13(2,3)4/h5-7,14-15H,8-10H2,1-4H3. The van der Waals surface area contributed by atoms with E-state index in [0.717, 1.165) is 31.0 Å². The molecule has 1 aromatic rings. The van der Waals surface area contributed by atoms with Gasteiger partial charge in [-0.15, -0.1) is 0 Å². The number of nitrogens with one attached hydrogen (secondary N) is 2. The van der Waals surface area contributed by atoms with Crippen LogP contribution < -0.4 is 10.6 Å². The van der Waals surface area contributed by atoms with E-state index in [1.807, 2.05) is 19.1 Å². The van der Waals surface area contributed by atoms with Gasteiger partial charge in [0, 0.05) is 30.9 Å². The highest BCUT2D eigenvalue weighted by Crippen LogP contribution is 1.98. The Morgan fingerprint density at radius 1 is 1.19 bits per heavy atom. The molecular formula is C13H23N3. The van der Waals surface area contributed by atoms with Gasteiger partial charge in [-0.25, -0.2) is 0 Å². The van der Waals surface area contributed by atoms with Crippen molar-refractivity contribution in [1.82, 2.24) is 15.6 Å². The molecule has 0 atom stereocenters. The van der Waals surface area contributed by atoms with Crippen LogP contribution in [0.1, 0.15) is 32.2 Å². The smallest absolute Gasteiger partial charge is 0.0544 e. The van der Waals surface area contributed by atoms with Gasteiger partial charge in [0.05, 0.1) is 5.69 Å². The van der Waals surface area contributed by atoms with E-state index < -0.39 is 0 Å². The molecular weight excluding hydrogens is 198 g/mol. The average Bonchev–Trinajstić information content (AvgIpc) is 2.15. The van der Waals surface area contributed by atoms with Crippen LogP contribution in [0.15, 0.2) is 18.2 Å². The molecule has 0 aliphatic heterocycles. The third-order valence-electron chi connectivity index (χ3n) is 2.21. The molecule has 1 rings (SSSR count). The first-order valence-electron chi connectivity index (χ1n) is 5.86. The second kappa shape index (κ2) is 5.97. The van der Waals surface area contributed by atoms with E-state index >= 15 is 0 Å². The molecule has 0 aliphatic carbocycles. The van der Waals surface area contributed by atoms with Gasteiger partial charge in [-0.05, 0) is 39.8 Å². The fourth-order valence-electron chi connectivity index (χ4n) is 1.44. The number of aryl methyl sites for hydroxylation is 1. The van der Waals surface area contributed by atoms with Gasteiger partial charge in [0.1, 0.15) is 0 Å². The summed E-state index contributed by atoms with van der Waals surface area (Å²) >= 11 is 0. The van der Waals surface area contributed by atoms with Crippen molar-refractivity contribution in [1.29, 1.82) is 0 Å². The third-order valence-corrected chi connectivity index (χ3v) is 2.21. The average molecular weight is 221 g/mol. The lowest BCUT2D eigenvalue weighted by Gasteiger charge is -2.20. The molecule has 0 unspecified atom stereocenters. The summed E-state index contributed by atoms with van der Waals surface area (Å²) in [5, 5.41) is 6.81. The van der Waals surface area contributed by atoms with Crippen LogP contribution in [0, 0.1) is 6.92 Å². The molecule has 16 heavy (non-hydrogen) atoms. The molecule has 0 saturated heterocycles. The molecule has 0 aliphatic rings. The van der Waals surface area contributed by atoms with E-state index in [9.17, 15) is 0 Å². The molecule has 3 heteroatoms. The predicted octanol–water partition coefficient (Wildman–Crippen LogP) is 1.87. The topological polar surface area (TPSA) is 37.0 Å². The van der Waals surface area contributed by atoms with E-state index in [4.69, 9.17) is 0 Å². The first kappa shape index (κ1) is 13.1. The van der Waals surface area contributed by atoms with Crippen LogP contribution in [0.5, 0.6) is 0 Å². The highest BCUT2D eigenvalue weighted by molar-refractivity contribution is 5.09. The predicted molar refractivity (Wildman–Crippen MR) is 68.4 cm³/mol. The number of hydrogen-bond donors (Lipinski definition) is 2. The minimum absolute atomic E-state index is 0.198. The Balaban J connectivity index is 2.17. The maximum Gasteiger partial charge on any atom is 0.0544 e. The number of rotatable bonds is 5.